The van der Waals surface area contributed by atoms with E-state index in [-0.39, 0.29) is 5.91 Å². The van der Waals surface area contributed by atoms with Crippen molar-refractivity contribution in [3.05, 3.63) is 23.8 Å². The monoisotopic (exact) mass is 222 g/mol. The van der Waals surface area contributed by atoms with Crippen LogP contribution in [0.25, 0.3) is 0 Å². The quantitative estimate of drug-likeness (QED) is 0.542. The van der Waals surface area contributed by atoms with Crippen LogP contribution in [0.1, 0.15) is 17.3 Å². The van der Waals surface area contributed by atoms with Crippen molar-refractivity contribution < 1.29 is 4.79 Å². The molecule has 0 fully saturated rings. The van der Waals surface area contributed by atoms with Crippen LogP contribution in [0.4, 0.5) is 11.4 Å². The van der Waals surface area contributed by atoms with Crippen molar-refractivity contribution in [2.45, 2.75) is 6.92 Å². The summed E-state index contributed by atoms with van der Waals surface area (Å²) in [5.41, 5.74) is 13.1. The predicted octanol–water partition coefficient (Wildman–Crippen LogP) is 0.389. The summed E-state index contributed by atoms with van der Waals surface area (Å²) in [7, 11) is 0. The number of amides is 1. The van der Waals surface area contributed by atoms with E-state index in [1.807, 2.05) is 6.92 Å². The maximum atomic E-state index is 11.5. The lowest BCUT2D eigenvalue weighted by atomic mass is 10.1. The molecule has 88 valence electrons. The Bertz CT molecular complexity index is 365. The van der Waals surface area contributed by atoms with Gasteiger partial charge in [-0.2, -0.15) is 0 Å². The predicted molar refractivity (Wildman–Crippen MR) is 66.4 cm³/mol. The number of anilines is 2. The first-order valence-electron chi connectivity index (χ1n) is 5.30. The molecule has 0 aliphatic rings. The minimum absolute atomic E-state index is 0.112. The Kier molecular flexibility index (Phi) is 4.60. The van der Waals surface area contributed by atoms with E-state index in [9.17, 15) is 4.79 Å². The molecule has 0 aromatic heterocycles. The Labute approximate surface area is 95.2 Å². The van der Waals surface area contributed by atoms with Crippen molar-refractivity contribution in [1.82, 2.24) is 5.32 Å². The van der Waals surface area contributed by atoms with Crippen LogP contribution in [-0.2, 0) is 0 Å². The number of carbonyl (C=O) groups excluding carboxylic acids is 1. The number of hydrogen-bond donors (Lipinski definition) is 4. The zero-order valence-electron chi connectivity index (χ0n) is 9.42. The molecule has 0 bridgehead atoms. The normalized spacial score (nSPS) is 9.88. The van der Waals surface area contributed by atoms with E-state index in [4.69, 9.17) is 11.5 Å². The maximum Gasteiger partial charge on any atom is 0.251 e. The molecule has 16 heavy (non-hydrogen) atoms. The Morgan fingerprint density at radius 2 is 2.19 bits per heavy atom. The van der Waals surface area contributed by atoms with Gasteiger partial charge in [0.1, 0.15) is 0 Å². The van der Waals surface area contributed by atoms with Gasteiger partial charge in [-0.1, -0.05) is 0 Å². The number of carbonyl (C=O) groups is 1. The number of nitrogens with two attached hydrogens (primary N) is 2. The van der Waals surface area contributed by atoms with E-state index < -0.39 is 0 Å². The molecular formula is C11H18N4O. The van der Waals surface area contributed by atoms with Crippen LogP contribution in [0.15, 0.2) is 18.2 Å². The summed E-state index contributed by atoms with van der Waals surface area (Å²) in [5, 5.41) is 5.80. The Hall–Kier alpha value is -1.75. The summed E-state index contributed by atoms with van der Waals surface area (Å²) >= 11 is 0. The molecule has 0 saturated carbocycles. The fraction of sp³-hybridized carbons (Fsp3) is 0.364. The second-order valence-corrected chi connectivity index (χ2v) is 3.38. The van der Waals surface area contributed by atoms with Gasteiger partial charge in [-0.25, -0.2) is 0 Å². The average molecular weight is 222 g/mol. The van der Waals surface area contributed by atoms with Crippen molar-refractivity contribution in [2.75, 3.05) is 30.7 Å². The van der Waals surface area contributed by atoms with E-state index in [0.29, 0.717) is 30.9 Å². The summed E-state index contributed by atoms with van der Waals surface area (Å²) < 4.78 is 0. The molecule has 0 aliphatic heterocycles. The van der Waals surface area contributed by atoms with Crippen LogP contribution in [0, 0.1) is 0 Å². The smallest absolute Gasteiger partial charge is 0.251 e. The van der Waals surface area contributed by atoms with Gasteiger partial charge >= 0.3 is 0 Å². The van der Waals surface area contributed by atoms with Gasteiger partial charge in [0.05, 0.1) is 11.4 Å². The molecule has 6 N–H and O–H groups in total. The van der Waals surface area contributed by atoms with E-state index >= 15 is 0 Å². The van der Waals surface area contributed by atoms with Crippen LogP contribution in [-0.4, -0.2) is 25.5 Å². The standard InChI is InChI=1S/C11H18N4O/c1-2-14-11(16)8-3-4-10(9(13)7-8)15-6-5-12/h3-4,7,15H,2,5-6,12-13H2,1H3,(H,14,16). The molecule has 1 amide bonds. The fourth-order valence-corrected chi connectivity index (χ4v) is 1.33. The number of rotatable bonds is 5. The molecule has 5 heteroatoms. The van der Waals surface area contributed by atoms with Gasteiger partial charge in [0.25, 0.3) is 5.91 Å². The lowest BCUT2D eigenvalue weighted by Crippen LogP contribution is -2.22. The zero-order chi connectivity index (χ0) is 12.0. The van der Waals surface area contributed by atoms with Crippen molar-refractivity contribution in [3.63, 3.8) is 0 Å². The molecule has 0 heterocycles. The Morgan fingerprint density at radius 1 is 1.44 bits per heavy atom. The number of benzene rings is 1. The molecule has 1 aromatic rings. The first-order valence-corrected chi connectivity index (χ1v) is 5.30. The second-order valence-electron chi connectivity index (χ2n) is 3.38. The lowest BCUT2D eigenvalue weighted by Gasteiger charge is -2.09. The second kappa shape index (κ2) is 5.97. The number of nitrogen functional groups attached to an aromatic ring is 1. The van der Waals surface area contributed by atoms with Gasteiger partial charge in [-0.3, -0.25) is 4.79 Å². The fourth-order valence-electron chi connectivity index (χ4n) is 1.33. The highest BCUT2D eigenvalue weighted by Gasteiger charge is 2.06. The van der Waals surface area contributed by atoms with Crippen LogP contribution >= 0.6 is 0 Å². The van der Waals surface area contributed by atoms with Crippen LogP contribution in [0.3, 0.4) is 0 Å². The van der Waals surface area contributed by atoms with Crippen molar-refractivity contribution in [1.29, 1.82) is 0 Å². The molecule has 1 aromatic carbocycles. The minimum atomic E-state index is -0.112. The molecule has 0 aliphatic carbocycles. The third kappa shape index (κ3) is 3.13. The third-order valence-corrected chi connectivity index (χ3v) is 2.11. The first-order chi connectivity index (χ1) is 7.69. The summed E-state index contributed by atoms with van der Waals surface area (Å²) in [6.07, 6.45) is 0. The van der Waals surface area contributed by atoms with Crippen molar-refractivity contribution in [2.24, 2.45) is 5.73 Å². The highest BCUT2D eigenvalue weighted by atomic mass is 16.1. The van der Waals surface area contributed by atoms with Gasteiger partial charge in [-0.05, 0) is 25.1 Å². The highest BCUT2D eigenvalue weighted by Crippen LogP contribution is 2.19. The van der Waals surface area contributed by atoms with Gasteiger partial charge in [0.2, 0.25) is 0 Å². The van der Waals surface area contributed by atoms with Crippen LogP contribution in [0.2, 0.25) is 0 Å². The molecule has 0 radical (unpaired) electrons. The Morgan fingerprint density at radius 3 is 2.75 bits per heavy atom. The molecule has 0 atom stereocenters. The van der Waals surface area contributed by atoms with E-state index in [0.717, 1.165) is 5.69 Å². The average Bonchev–Trinajstić information content (AvgIpc) is 2.27. The van der Waals surface area contributed by atoms with E-state index in [1.54, 1.807) is 18.2 Å². The van der Waals surface area contributed by atoms with Gasteiger partial charge in [0.15, 0.2) is 0 Å². The largest absolute Gasteiger partial charge is 0.397 e. The van der Waals surface area contributed by atoms with Crippen molar-refractivity contribution in [3.8, 4) is 0 Å². The summed E-state index contributed by atoms with van der Waals surface area (Å²) in [6.45, 7) is 3.67. The van der Waals surface area contributed by atoms with Crippen molar-refractivity contribution >= 4 is 17.3 Å². The number of hydrogen-bond acceptors (Lipinski definition) is 4. The highest BCUT2D eigenvalue weighted by molar-refractivity contribution is 5.96. The molecule has 1 rings (SSSR count). The third-order valence-electron chi connectivity index (χ3n) is 2.11. The Balaban J connectivity index is 2.78. The van der Waals surface area contributed by atoms with Crippen LogP contribution in [0.5, 0.6) is 0 Å². The van der Waals surface area contributed by atoms with Gasteiger partial charge < -0.3 is 22.1 Å². The summed E-state index contributed by atoms with van der Waals surface area (Å²) in [6, 6.07) is 5.18. The molecule has 0 unspecified atom stereocenters. The summed E-state index contributed by atoms with van der Waals surface area (Å²) in [5.74, 6) is -0.112. The zero-order valence-corrected chi connectivity index (χ0v) is 9.42. The lowest BCUT2D eigenvalue weighted by molar-refractivity contribution is 0.0956. The van der Waals surface area contributed by atoms with E-state index in [2.05, 4.69) is 10.6 Å². The maximum absolute atomic E-state index is 11.5. The van der Waals surface area contributed by atoms with Crippen LogP contribution < -0.4 is 22.1 Å². The topological polar surface area (TPSA) is 93.2 Å². The molecule has 0 saturated heterocycles. The molecule has 0 spiro atoms. The number of nitrogens with one attached hydrogen (secondary N) is 2. The minimum Gasteiger partial charge on any atom is -0.397 e. The SMILES string of the molecule is CCNC(=O)c1ccc(NCCN)c(N)c1. The van der Waals surface area contributed by atoms with Gasteiger partial charge in [-0.15, -0.1) is 0 Å². The summed E-state index contributed by atoms with van der Waals surface area (Å²) in [4.78, 5) is 11.5. The molecular weight excluding hydrogens is 204 g/mol. The van der Waals surface area contributed by atoms with Gasteiger partial charge in [0, 0.05) is 25.2 Å². The van der Waals surface area contributed by atoms with E-state index in [1.165, 1.54) is 0 Å². The molecule has 5 nitrogen and oxygen atoms in total. The first kappa shape index (κ1) is 12.3.